The Bertz CT molecular complexity index is 184. The smallest absolute Gasteiger partial charge is 0.0345 e. The quantitative estimate of drug-likeness (QED) is 0.710. The van der Waals surface area contributed by atoms with E-state index in [2.05, 4.69) is 29.2 Å². The van der Waals surface area contributed by atoms with Crippen LogP contribution in [0.1, 0.15) is 0 Å². The van der Waals surface area contributed by atoms with Gasteiger partial charge in [-0.3, -0.25) is 4.90 Å². The van der Waals surface area contributed by atoms with E-state index in [1.54, 1.807) is 0 Å². The lowest BCUT2D eigenvalue weighted by Crippen LogP contribution is -2.56. The molecular weight excluding hydrogens is 194 g/mol. The van der Waals surface area contributed by atoms with Crippen molar-refractivity contribution in [3.8, 4) is 0 Å². The van der Waals surface area contributed by atoms with Crippen LogP contribution in [0.25, 0.3) is 0 Å². The summed E-state index contributed by atoms with van der Waals surface area (Å²) in [6, 6.07) is 1.50. The van der Waals surface area contributed by atoms with E-state index in [1.807, 2.05) is 11.8 Å². The number of thioether (sulfide) groups is 1. The number of nitrogens with zero attached hydrogens (tertiary/aromatic N) is 2. The SMILES string of the molecule is CN1CCN(C)C(CNC2CSC2)C1. The van der Waals surface area contributed by atoms with Gasteiger partial charge in [0.25, 0.3) is 0 Å². The Kier molecular flexibility index (Phi) is 3.71. The summed E-state index contributed by atoms with van der Waals surface area (Å²) in [5, 5.41) is 3.65. The predicted octanol–water partition coefficient (Wildman–Crippen LogP) is -0.0628. The molecule has 1 atom stereocenters. The second-order valence-corrected chi connectivity index (χ2v) is 5.61. The first-order chi connectivity index (χ1) is 6.75. The summed E-state index contributed by atoms with van der Waals surface area (Å²) in [7, 11) is 4.47. The maximum Gasteiger partial charge on any atom is 0.0345 e. The summed E-state index contributed by atoms with van der Waals surface area (Å²) >= 11 is 2.05. The summed E-state index contributed by atoms with van der Waals surface area (Å²) < 4.78 is 0. The van der Waals surface area contributed by atoms with Crippen LogP contribution in [-0.2, 0) is 0 Å². The molecule has 0 spiro atoms. The van der Waals surface area contributed by atoms with E-state index in [1.165, 1.54) is 31.1 Å². The summed E-state index contributed by atoms with van der Waals surface area (Å²) in [4.78, 5) is 4.92. The molecule has 2 aliphatic rings. The third-order valence-electron chi connectivity index (χ3n) is 3.26. The molecule has 0 aromatic carbocycles. The predicted molar refractivity (Wildman–Crippen MR) is 63.0 cm³/mol. The van der Waals surface area contributed by atoms with Crippen LogP contribution in [0.4, 0.5) is 0 Å². The Morgan fingerprint density at radius 1 is 1.29 bits per heavy atom. The molecule has 82 valence electrons. The highest BCUT2D eigenvalue weighted by Gasteiger charge is 2.24. The highest BCUT2D eigenvalue weighted by Crippen LogP contribution is 2.17. The van der Waals surface area contributed by atoms with Gasteiger partial charge in [0, 0.05) is 49.8 Å². The fourth-order valence-corrected chi connectivity index (χ4v) is 2.69. The number of rotatable bonds is 3. The van der Waals surface area contributed by atoms with E-state index in [4.69, 9.17) is 0 Å². The van der Waals surface area contributed by atoms with Gasteiger partial charge in [0.15, 0.2) is 0 Å². The van der Waals surface area contributed by atoms with Gasteiger partial charge in [0.05, 0.1) is 0 Å². The molecule has 0 aliphatic carbocycles. The Balaban J connectivity index is 1.71. The van der Waals surface area contributed by atoms with Crippen LogP contribution in [0.15, 0.2) is 0 Å². The topological polar surface area (TPSA) is 18.5 Å². The Morgan fingerprint density at radius 3 is 2.71 bits per heavy atom. The molecule has 14 heavy (non-hydrogen) atoms. The summed E-state index contributed by atoms with van der Waals surface area (Å²) in [6.45, 7) is 4.80. The van der Waals surface area contributed by atoms with Crippen LogP contribution < -0.4 is 5.32 Å². The lowest BCUT2D eigenvalue weighted by molar-refractivity contribution is 0.112. The molecule has 4 heteroatoms. The van der Waals surface area contributed by atoms with E-state index in [0.717, 1.165) is 12.6 Å². The first-order valence-electron chi connectivity index (χ1n) is 5.45. The van der Waals surface area contributed by atoms with Crippen LogP contribution in [0, 0.1) is 0 Å². The van der Waals surface area contributed by atoms with E-state index >= 15 is 0 Å². The molecule has 0 saturated carbocycles. The van der Waals surface area contributed by atoms with Gasteiger partial charge in [-0.2, -0.15) is 11.8 Å². The number of nitrogens with one attached hydrogen (secondary N) is 1. The zero-order chi connectivity index (χ0) is 9.97. The third-order valence-corrected chi connectivity index (χ3v) is 4.54. The lowest BCUT2D eigenvalue weighted by atomic mass is 10.2. The van der Waals surface area contributed by atoms with Crippen molar-refractivity contribution in [3.63, 3.8) is 0 Å². The number of hydrogen-bond acceptors (Lipinski definition) is 4. The van der Waals surface area contributed by atoms with Crippen molar-refractivity contribution in [2.45, 2.75) is 12.1 Å². The van der Waals surface area contributed by atoms with Gasteiger partial charge in [-0.25, -0.2) is 0 Å². The number of hydrogen-bond donors (Lipinski definition) is 1. The first-order valence-corrected chi connectivity index (χ1v) is 6.61. The van der Waals surface area contributed by atoms with E-state index < -0.39 is 0 Å². The minimum atomic E-state index is 0.708. The average molecular weight is 215 g/mol. The Morgan fingerprint density at radius 2 is 2.07 bits per heavy atom. The molecular formula is C10H21N3S. The normalized spacial score (nSPS) is 31.7. The molecule has 2 fully saturated rings. The van der Waals surface area contributed by atoms with Gasteiger partial charge in [0.1, 0.15) is 0 Å². The van der Waals surface area contributed by atoms with Crippen molar-refractivity contribution in [3.05, 3.63) is 0 Å². The maximum absolute atomic E-state index is 3.65. The molecule has 3 nitrogen and oxygen atoms in total. The summed E-state index contributed by atoms with van der Waals surface area (Å²) in [5.74, 6) is 2.62. The van der Waals surface area contributed by atoms with Gasteiger partial charge < -0.3 is 10.2 Å². The zero-order valence-corrected chi connectivity index (χ0v) is 10.0. The fraction of sp³-hybridized carbons (Fsp3) is 1.00. The highest BCUT2D eigenvalue weighted by molar-refractivity contribution is 8.00. The second kappa shape index (κ2) is 4.84. The van der Waals surface area contributed by atoms with Crippen LogP contribution in [0.2, 0.25) is 0 Å². The van der Waals surface area contributed by atoms with Crippen molar-refractivity contribution in [1.29, 1.82) is 0 Å². The van der Waals surface area contributed by atoms with Crippen LogP contribution >= 0.6 is 11.8 Å². The molecule has 0 aromatic heterocycles. The van der Waals surface area contributed by atoms with Gasteiger partial charge in [-0.05, 0) is 14.1 Å². The summed E-state index contributed by atoms with van der Waals surface area (Å²) in [5.41, 5.74) is 0. The zero-order valence-electron chi connectivity index (χ0n) is 9.20. The minimum Gasteiger partial charge on any atom is -0.311 e. The third kappa shape index (κ3) is 2.63. The van der Waals surface area contributed by atoms with Crippen LogP contribution in [0.5, 0.6) is 0 Å². The molecule has 0 radical (unpaired) electrons. The molecule has 0 amide bonds. The van der Waals surface area contributed by atoms with Gasteiger partial charge >= 0.3 is 0 Å². The molecule has 2 rings (SSSR count). The maximum atomic E-state index is 3.65. The minimum absolute atomic E-state index is 0.708. The van der Waals surface area contributed by atoms with Crippen molar-refractivity contribution < 1.29 is 0 Å². The molecule has 2 saturated heterocycles. The first kappa shape index (κ1) is 10.7. The summed E-state index contributed by atoms with van der Waals surface area (Å²) in [6.07, 6.45) is 0. The molecule has 0 aromatic rings. The highest BCUT2D eigenvalue weighted by atomic mass is 32.2. The molecule has 0 bridgehead atoms. The van der Waals surface area contributed by atoms with E-state index in [9.17, 15) is 0 Å². The second-order valence-electron chi connectivity index (χ2n) is 4.54. The van der Waals surface area contributed by atoms with E-state index in [-0.39, 0.29) is 0 Å². The lowest BCUT2D eigenvalue weighted by Gasteiger charge is -2.39. The largest absolute Gasteiger partial charge is 0.311 e. The monoisotopic (exact) mass is 215 g/mol. The van der Waals surface area contributed by atoms with Gasteiger partial charge in [-0.15, -0.1) is 0 Å². The Hall–Kier alpha value is 0.230. The number of likely N-dealkylation sites (N-methyl/N-ethyl adjacent to an activating group) is 2. The molecule has 1 N–H and O–H groups in total. The van der Waals surface area contributed by atoms with Crippen LogP contribution in [0.3, 0.4) is 0 Å². The molecule has 1 unspecified atom stereocenters. The van der Waals surface area contributed by atoms with Crippen molar-refractivity contribution in [2.75, 3.05) is 51.8 Å². The van der Waals surface area contributed by atoms with Crippen molar-refractivity contribution in [2.24, 2.45) is 0 Å². The van der Waals surface area contributed by atoms with Gasteiger partial charge in [-0.1, -0.05) is 0 Å². The standard InChI is InChI=1S/C10H21N3S/c1-12-3-4-13(2)10(6-12)5-11-9-7-14-8-9/h9-11H,3-8H2,1-2H3. The Labute approximate surface area is 91.2 Å². The molecule has 2 aliphatic heterocycles. The molecule has 2 heterocycles. The van der Waals surface area contributed by atoms with E-state index in [0.29, 0.717) is 6.04 Å². The van der Waals surface area contributed by atoms with Crippen LogP contribution in [-0.4, -0.2) is 73.7 Å². The average Bonchev–Trinajstić information content (AvgIpc) is 2.08. The van der Waals surface area contributed by atoms with Gasteiger partial charge in [0.2, 0.25) is 0 Å². The fourth-order valence-electron chi connectivity index (χ4n) is 1.98. The van der Waals surface area contributed by atoms with Crippen molar-refractivity contribution >= 4 is 11.8 Å². The van der Waals surface area contributed by atoms with Crippen molar-refractivity contribution in [1.82, 2.24) is 15.1 Å². The number of piperazine rings is 1.